The van der Waals surface area contributed by atoms with Crippen molar-refractivity contribution in [2.45, 2.75) is 0 Å². The lowest BCUT2D eigenvalue weighted by atomic mass is 10.2. The number of ether oxygens (including phenoxy) is 2. The first-order valence-corrected chi connectivity index (χ1v) is 9.93. The lowest BCUT2D eigenvalue weighted by molar-refractivity contribution is -0.134. The molecule has 1 fully saturated rings. The van der Waals surface area contributed by atoms with Crippen LogP contribution in [0, 0.1) is 0 Å². The second-order valence-corrected chi connectivity index (χ2v) is 7.03. The number of nitrogens with zero attached hydrogens (tertiary/aromatic N) is 5. The summed E-state index contributed by atoms with van der Waals surface area (Å²) < 4.78 is 12.0. The van der Waals surface area contributed by atoms with Gasteiger partial charge >= 0.3 is 5.97 Å². The summed E-state index contributed by atoms with van der Waals surface area (Å²) in [5.74, 6) is 0.0877. The number of methoxy groups -OCH3 is 1. The molecular weight excluding hydrogens is 398 g/mol. The second kappa shape index (κ2) is 9.29. The van der Waals surface area contributed by atoms with Gasteiger partial charge in [-0.05, 0) is 48.5 Å². The van der Waals surface area contributed by atoms with Crippen molar-refractivity contribution in [1.29, 1.82) is 0 Å². The van der Waals surface area contributed by atoms with Gasteiger partial charge in [-0.2, -0.15) is 5.10 Å². The Bertz CT molecular complexity index is 1010. The van der Waals surface area contributed by atoms with Crippen LogP contribution in [0.25, 0.3) is 5.69 Å². The van der Waals surface area contributed by atoms with E-state index < -0.39 is 5.97 Å². The third kappa shape index (κ3) is 4.82. The highest BCUT2D eigenvalue weighted by Gasteiger charge is 2.22. The molecule has 0 aliphatic carbocycles. The van der Waals surface area contributed by atoms with E-state index in [1.54, 1.807) is 47.3 Å². The van der Waals surface area contributed by atoms with Crippen LogP contribution < -0.4 is 9.64 Å². The fourth-order valence-electron chi connectivity index (χ4n) is 3.40. The lowest BCUT2D eigenvalue weighted by Gasteiger charge is -2.36. The van der Waals surface area contributed by atoms with Gasteiger partial charge in [-0.3, -0.25) is 4.79 Å². The quantitative estimate of drug-likeness (QED) is 0.561. The molecule has 1 aliphatic rings. The van der Waals surface area contributed by atoms with Crippen LogP contribution in [0.1, 0.15) is 10.4 Å². The summed E-state index contributed by atoms with van der Waals surface area (Å²) in [5, 5.41) is 4.03. The molecule has 0 unspecified atom stereocenters. The minimum atomic E-state index is -0.532. The van der Waals surface area contributed by atoms with Crippen molar-refractivity contribution in [3.05, 3.63) is 66.7 Å². The molecule has 3 aromatic rings. The van der Waals surface area contributed by atoms with E-state index in [1.165, 1.54) is 6.33 Å². The number of aromatic nitrogens is 3. The normalized spacial score (nSPS) is 13.7. The maximum Gasteiger partial charge on any atom is 0.338 e. The number of piperazine rings is 1. The van der Waals surface area contributed by atoms with Crippen LogP contribution in [0.5, 0.6) is 5.75 Å². The minimum absolute atomic E-state index is 0.193. The van der Waals surface area contributed by atoms with E-state index in [2.05, 4.69) is 15.0 Å². The van der Waals surface area contributed by atoms with E-state index in [9.17, 15) is 9.59 Å². The summed E-state index contributed by atoms with van der Waals surface area (Å²) in [4.78, 5) is 32.6. The van der Waals surface area contributed by atoms with Gasteiger partial charge in [0.1, 0.15) is 18.4 Å². The topological polar surface area (TPSA) is 89.8 Å². The van der Waals surface area contributed by atoms with Crippen molar-refractivity contribution in [3.8, 4) is 11.4 Å². The maximum absolute atomic E-state index is 12.5. The van der Waals surface area contributed by atoms with Crippen LogP contribution >= 0.6 is 0 Å². The SMILES string of the molecule is COc1ccc(N2CCN(C(=O)COC(=O)c3ccc(-n4cncn4)cc3)CC2)cc1. The average Bonchev–Trinajstić information content (AvgIpc) is 3.38. The summed E-state index contributed by atoms with van der Waals surface area (Å²) in [6.07, 6.45) is 3.00. The number of hydrogen-bond acceptors (Lipinski definition) is 7. The Hall–Kier alpha value is -3.88. The van der Waals surface area contributed by atoms with Crippen LogP contribution in [0.4, 0.5) is 5.69 Å². The van der Waals surface area contributed by atoms with E-state index in [-0.39, 0.29) is 12.5 Å². The van der Waals surface area contributed by atoms with Gasteiger partial charge in [0.05, 0.1) is 18.4 Å². The van der Waals surface area contributed by atoms with Gasteiger partial charge in [-0.15, -0.1) is 0 Å². The molecule has 0 atom stereocenters. The number of benzene rings is 2. The van der Waals surface area contributed by atoms with E-state index in [0.717, 1.165) is 30.2 Å². The number of rotatable bonds is 6. The van der Waals surface area contributed by atoms with E-state index >= 15 is 0 Å². The first-order valence-electron chi connectivity index (χ1n) is 9.93. The van der Waals surface area contributed by atoms with Crippen LogP contribution in [-0.2, 0) is 9.53 Å². The molecule has 4 rings (SSSR count). The zero-order chi connectivity index (χ0) is 21.6. The van der Waals surface area contributed by atoms with Crippen LogP contribution in [0.15, 0.2) is 61.2 Å². The molecule has 2 aromatic carbocycles. The van der Waals surface area contributed by atoms with Crippen LogP contribution in [0.2, 0.25) is 0 Å². The molecule has 160 valence electrons. The van der Waals surface area contributed by atoms with Gasteiger partial charge in [-0.25, -0.2) is 14.5 Å². The number of hydrogen-bond donors (Lipinski definition) is 0. The van der Waals surface area contributed by atoms with E-state index in [4.69, 9.17) is 9.47 Å². The van der Waals surface area contributed by atoms with Gasteiger partial charge in [0, 0.05) is 31.9 Å². The number of carbonyl (C=O) groups is 2. The monoisotopic (exact) mass is 421 g/mol. The van der Waals surface area contributed by atoms with Crippen molar-refractivity contribution in [2.24, 2.45) is 0 Å². The zero-order valence-corrected chi connectivity index (χ0v) is 17.2. The molecule has 31 heavy (non-hydrogen) atoms. The summed E-state index contributed by atoms with van der Waals surface area (Å²) in [5.41, 5.74) is 2.24. The highest BCUT2D eigenvalue weighted by atomic mass is 16.5. The Kier molecular flexibility index (Phi) is 6.11. The summed E-state index contributed by atoms with van der Waals surface area (Å²) in [6.45, 7) is 2.32. The molecule has 1 aliphatic heterocycles. The number of anilines is 1. The van der Waals surface area contributed by atoms with Crippen LogP contribution in [-0.4, -0.2) is 71.4 Å². The first kappa shape index (κ1) is 20.4. The Balaban J connectivity index is 1.25. The predicted octanol–water partition coefficient (Wildman–Crippen LogP) is 1.78. The van der Waals surface area contributed by atoms with E-state index in [1.807, 2.05) is 24.3 Å². The number of esters is 1. The van der Waals surface area contributed by atoms with Gasteiger partial charge in [0.25, 0.3) is 5.91 Å². The molecule has 0 radical (unpaired) electrons. The summed E-state index contributed by atoms with van der Waals surface area (Å²) in [6, 6.07) is 14.6. The molecule has 1 aromatic heterocycles. The molecule has 0 N–H and O–H groups in total. The highest BCUT2D eigenvalue weighted by molar-refractivity contribution is 5.91. The fraction of sp³-hybridized carbons (Fsp3) is 0.273. The van der Waals surface area contributed by atoms with Gasteiger partial charge in [0.2, 0.25) is 0 Å². The fourth-order valence-corrected chi connectivity index (χ4v) is 3.40. The number of carbonyl (C=O) groups excluding carboxylic acids is 2. The molecule has 9 heteroatoms. The van der Waals surface area contributed by atoms with Crippen LogP contribution in [0.3, 0.4) is 0 Å². The average molecular weight is 421 g/mol. The first-order chi connectivity index (χ1) is 15.1. The Morgan fingerprint density at radius 2 is 1.61 bits per heavy atom. The molecule has 0 saturated carbocycles. The zero-order valence-electron chi connectivity index (χ0n) is 17.2. The van der Waals surface area contributed by atoms with Crippen molar-refractivity contribution in [3.63, 3.8) is 0 Å². The summed E-state index contributed by atoms with van der Waals surface area (Å²) >= 11 is 0. The van der Waals surface area contributed by atoms with Gasteiger partial charge in [-0.1, -0.05) is 0 Å². The molecular formula is C22H23N5O4. The Morgan fingerprint density at radius 1 is 0.935 bits per heavy atom. The second-order valence-electron chi connectivity index (χ2n) is 7.03. The third-order valence-electron chi connectivity index (χ3n) is 5.18. The highest BCUT2D eigenvalue weighted by Crippen LogP contribution is 2.20. The molecule has 0 bridgehead atoms. The standard InChI is InChI=1S/C22H23N5O4/c1-30-20-8-6-18(7-9-20)25-10-12-26(13-11-25)21(28)14-31-22(29)17-2-4-19(5-3-17)27-16-23-15-24-27/h2-9,15-16H,10-14H2,1H3. The molecule has 9 nitrogen and oxygen atoms in total. The molecule has 1 saturated heterocycles. The van der Waals surface area contributed by atoms with Gasteiger partial charge in [0.15, 0.2) is 6.61 Å². The largest absolute Gasteiger partial charge is 0.497 e. The smallest absolute Gasteiger partial charge is 0.338 e. The lowest BCUT2D eigenvalue weighted by Crippen LogP contribution is -2.49. The van der Waals surface area contributed by atoms with Crippen molar-refractivity contribution >= 4 is 17.6 Å². The summed E-state index contributed by atoms with van der Waals surface area (Å²) in [7, 11) is 1.64. The maximum atomic E-state index is 12.5. The molecule has 1 amide bonds. The van der Waals surface area contributed by atoms with Crippen molar-refractivity contribution in [1.82, 2.24) is 19.7 Å². The van der Waals surface area contributed by atoms with Crippen molar-refractivity contribution in [2.75, 3.05) is 44.8 Å². The molecule has 0 spiro atoms. The minimum Gasteiger partial charge on any atom is -0.497 e. The van der Waals surface area contributed by atoms with Crippen molar-refractivity contribution < 1.29 is 19.1 Å². The third-order valence-corrected chi connectivity index (χ3v) is 5.18. The molecule has 2 heterocycles. The van der Waals surface area contributed by atoms with E-state index in [0.29, 0.717) is 18.7 Å². The Labute approximate surface area is 179 Å². The predicted molar refractivity (Wildman–Crippen MR) is 113 cm³/mol. The van der Waals surface area contributed by atoms with Gasteiger partial charge < -0.3 is 19.3 Å². The number of amides is 1. The Morgan fingerprint density at radius 3 is 2.23 bits per heavy atom.